The van der Waals surface area contributed by atoms with Crippen molar-refractivity contribution in [3.8, 4) is 0 Å². The largest absolute Gasteiger partial charge is 0.385 e. The average molecular weight is 297 g/mol. The highest BCUT2D eigenvalue weighted by Gasteiger charge is 2.29. The summed E-state index contributed by atoms with van der Waals surface area (Å²) in [4.78, 5) is 0. The van der Waals surface area contributed by atoms with Gasteiger partial charge < -0.3 is 5.11 Å². The quantitative estimate of drug-likeness (QED) is 0.883. The van der Waals surface area contributed by atoms with Crippen molar-refractivity contribution in [1.29, 1.82) is 0 Å². The van der Waals surface area contributed by atoms with E-state index >= 15 is 0 Å². The van der Waals surface area contributed by atoms with Crippen LogP contribution >= 0.6 is 11.6 Å². The molecule has 0 saturated carbocycles. The summed E-state index contributed by atoms with van der Waals surface area (Å²) in [5.41, 5.74) is -0.585. The SMILES string of the molecule is CCC(O)(Cc1cc(Cl)ccc1F)c1cccc(F)c1. The molecular formula is C16H15ClF2O. The van der Waals surface area contributed by atoms with Crippen molar-refractivity contribution in [1.82, 2.24) is 0 Å². The molecule has 0 aliphatic heterocycles. The topological polar surface area (TPSA) is 20.2 Å². The third kappa shape index (κ3) is 3.17. The summed E-state index contributed by atoms with van der Waals surface area (Å²) in [5.74, 6) is -0.862. The summed E-state index contributed by atoms with van der Waals surface area (Å²) < 4.78 is 27.1. The summed E-state index contributed by atoms with van der Waals surface area (Å²) >= 11 is 5.85. The first-order valence-corrected chi connectivity index (χ1v) is 6.75. The van der Waals surface area contributed by atoms with Gasteiger partial charge in [-0.2, -0.15) is 0 Å². The first-order valence-electron chi connectivity index (χ1n) is 6.37. The van der Waals surface area contributed by atoms with Crippen LogP contribution in [0, 0.1) is 11.6 Å². The molecule has 0 aromatic heterocycles. The van der Waals surface area contributed by atoms with Crippen molar-refractivity contribution >= 4 is 11.6 Å². The van der Waals surface area contributed by atoms with Gasteiger partial charge in [0, 0.05) is 11.4 Å². The number of benzene rings is 2. The van der Waals surface area contributed by atoms with Crippen LogP contribution in [0.4, 0.5) is 8.78 Å². The molecule has 1 nitrogen and oxygen atoms in total. The first-order chi connectivity index (χ1) is 9.44. The minimum atomic E-state index is -1.33. The molecule has 106 valence electrons. The summed E-state index contributed by atoms with van der Waals surface area (Å²) in [6.45, 7) is 1.77. The molecule has 0 aliphatic carbocycles. The van der Waals surface area contributed by atoms with Crippen LogP contribution in [0.5, 0.6) is 0 Å². The molecule has 0 spiro atoms. The van der Waals surface area contributed by atoms with Crippen LogP contribution in [0.1, 0.15) is 24.5 Å². The van der Waals surface area contributed by atoms with E-state index < -0.39 is 17.2 Å². The zero-order valence-corrected chi connectivity index (χ0v) is 11.8. The van der Waals surface area contributed by atoms with Gasteiger partial charge in [0.1, 0.15) is 11.6 Å². The van der Waals surface area contributed by atoms with Gasteiger partial charge in [-0.15, -0.1) is 0 Å². The second kappa shape index (κ2) is 5.90. The van der Waals surface area contributed by atoms with Crippen LogP contribution in [0.2, 0.25) is 5.02 Å². The van der Waals surface area contributed by atoms with Gasteiger partial charge in [0.05, 0.1) is 5.60 Å². The van der Waals surface area contributed by atoms with E-state index in [2.05, 4.69) is 0 Å². The molecule has 20 heavy (non-hydrogen) atoms. The maximum Gasteiger partial charge on any atom is 0.126 e. The Bertz CT molecular complexity index is 615. The summed E-state index contributed by atoms with van der Waals surface area (Å²) in [5, 5.41) is 11.1. The van der Waals surface area contributed by atoms with Gasteiger partial charge in [-0.05, 0) is 47.9 Å². The van der Waals surface area contributed by atoms with E-state index in [0.29, 0.717) is 22.6 Å². The lowest BCUT2D eigenvalue weighted by Crippen LogP contribution is -2.28. The molecule has 0 aliphatic rings. The van der Waals surface area contributed by atoms with E-state index in [4.69, 9.17) is 11.6 Å². The van der Waals surface area contributed by atoms with Crippen molar-refractivity contribution in [2.24, 2.45) is 0 Å². The smallest absolute Gasteiger partial charge is 0.126 e. The van der Waals surface area contributed by atoms with Gasteiger partial charge in [0.25, 0.3) is 0 Å². The minimum Gasteiger partial charge on any atom is -0.385 e. The zero-order valence-electron chi connectivity index (χ0n) is 11.0. The molecule has 0 amide bonds. The van der Waals surface area contributed by atoms with E-state index in [0.717, 1.165) is 0 Å². The Morgan fingerprint density at radius 2 is 1.90 bits per heavy atom. The predicted molar refractivity (Wildman–Crippen MR) is 75.7 cm³/mol. The molecule has 4 heteroatoms. The third-order valence-electron chi connectivity index (χ3n) is 3.44. The van der Waals surface area contributed by atoms with Gasteiger partial charge >= 0.3 is 0 Å². The summed E-state index contributed by atoms with van der Waals surface area (Å²) in [7, 11) is 0. The molecule has 2 rings (SSSR count). The molecule has 0 bridgehead atoms. The standard InChI is InChI=1S/C16H15ClF2O/c1-2-16(20,12-4-3-5-14(18)9-12)10-11-8-13(17)6-7-15(11)19/h3-9,20H,2,10H2,1H3. The number of rotatable bonds is 4. The fourth-order valence-corrected chi connectivity index (χ4v) is 2.40. The lowest BCUT2D eigenvalue weighted by molar-refractivity contribution is 0.0316. The van der Waals surface area contributed by atoms with Gasteiger partial charge in [0.2, 0.25) is 0 Å². The lowest BCUT2D eigenvalue weighted by Gasteiger charge is -2.28. The van der Waals surface area contributed by atoms with Crippen molar-refractivity contribution in [3.05, 3.63) is 70.2 Å². The van der Waals surface area contributed by atoms with Gasteiger partial charge in [-0.3, -0.25) is 0 Å². The number of hydrogen-bond donors (Lipinski definition) is 1. The van der Waals surface area contributed by atoms with Crippen LogP contribution in [0.25, 0.3) is 0 Å². The van der Waals surface area contributed by atoms with E-state index in [1.807, 2.05) is 0 Å². The summed E-state index contributed by atoms with van der Waals surface area (Å²) in [6.07, 6.45) is 0.377. The van der Waals surface area contributed by atoms with Gasteiger partial charge in [0.15, 0.2) is 0 Å². The second-order valence-electron chi connectivity index (χ2n) is 4.81. The molecule has 0 heterocycles. The zero-order chi connectivity index (χ0) is 14.8. The number of halogens is 3. The molecule has 1 atom stereocenters. The van der Waals surface area contributed by atoms with Crippen molar-refractivity contribution in [2.75, 3.05) is 0 Å². The average Bonchev–Trinajstić information content (AvgIpc) is 2.43. The first kappa shape index (κ1) is 14.9. The monoisotopic (exact) mass is 296 g/mol. The highest BCUT2D eigenvalue weighted by molar-refractivity contribution is 6.30. The summed E-state index contributed by atoms with van der Waals surface area (Å²) in [6, 6.07) is 9.93. The number of aliphatic hydroxyl groups is 1. The fraction of sp³-hybridized carbons (Fsp3) is 0.250. The molecule has 1 unspecified atom stereocenters. The van der Waals surface area contributed by atoms with E-state index in [9.17, 15) is 13.9 Å². The maximum absolute atomic E-state index is 13.8. The highest BCUT2D eigenvalue weighted by atomic mass is 35.5. The van der Waals surface area contributed by atoms with E-state index in [1.54, 1.807) is 13.0 Å². The third-order valence-corrected chi connectivity index (χ3v) is 3.67. The van der Waals surface area contributed by atoms with Gasteiger partial charge in [-0.25, -0.2) is 8.78 Å². The van der Waals surface area contributed by atoms with Crippen molar-refractivity contribution < 1.29 is 13.9 Å². The van der Waals surface area contributed by atoms with Gasteiger partial charge in [-0.1, -0.05) is 30.7 Å². The van der Waals surface area contributed by atoms with Crippen molar-refractivity contribution in [2.45, 2.75) is 25.4 Å². The normalized spacial score (nSPS) is 14.1. The molecule has 0 saturated heterocycles. The Kier molecular flexibility index (Phi) is 4.41. The fourth-order valence-electron chi connectivity index (χ4n) is 2.20. The van der Waals surface area contributed by atoms with Crippen LogP contribution in [0.15, 0.2) is 42.5 Å². The molecular weight excluding hydrogens is 282 g/mol. The van der Waals surface area contributed by atoms with E-state index in [-0.39, 0.29) is 6.42 Å². The van der Waals surface area contributed by atoms with Crippen LogP contribution in [-0.2, 0) is 12.0 Å². The Hall–Kier alpha value is -1.45. The molecule has 1 N–H and O–H groups in total. The number of hydrogen-bond acceptors (Lipinski definition) is 1. The Labute approximate surface area is 121 Å². The molecule has 2 aromatic carbocycles. The van der Waals surface area contributed by atoms with Crippen LogP contribution < -0.4 is 0 Å². The Balaban J connectivity index is 2.39. The second-order valence-corrected chi connectivity index (χ2v) is 5.24. The minimum absolute atomic E-state index is 0.0410. The molecule has 2 aromatic rings. The Morgan fingerprint density at radius 3 is 2.55 bits per heavy atom. The van der Waals surface area contributed by atoms with Crippen LogP contribution in [-0.4, -0.2) is 5.11 Å². The molecule has 0 radical (unpaired) electrons. The Morgan fingerprint density at radius 1 is 1.15 bits per heavy atom. The maximum atomic E-state index is 13.8. The lowest BCUT2D eigenvalue weighted by atomic mass is 9.85. The van der Waals surface area contributed by atoms with Crippen molar-refractivity contribution in [3.63, 3.8) is 0 Å². The van der Waals surface area contributed by atoms with E-state index in [1.165, 1.54) is 36.4 Å². The molecule has 0 fully saturated rings. The predicted octanol–water partition coefficient (Wildman–Crippen LogP) is 4.46. The van der Waals surface area contributed by atoms with Crippen LogP contribution in [0.3, 0.4) is 0 Å². The highest BCUT2D eigenvalue weighted by Crippen LogP contribution is 2.31.